The van der Waals surface area contributed by atoms with Crippen LogP contribution in [0.3, 0.4) is 0 Å². The van der Waals surface area contributed by atoms with Gasteiger partial charge in [-0.15, -0.1) is 0 Å². The van der Waals surface area contributed by atoms with Crippen molar-refractivity contribution in [3.05, 3.63) is 59.9 Å². The summed E-state index contributed by atoms with van der Waals surface area (Å²) in [6.45, 7) is 2.01. The number of hydrogen-bond acceptors (Lipinski definition) is 2. The number of halogens is 1. The maximum absolute atomic E-state index is 12.8. The lowest BCUT2D eigenvalue weighted by Crippen LogP contribution is -2.00. The molecule has 0 aliphatic heterocycles. The molecule has 2 rings (SSSR count). The van der Waals surface area contributed by atoms with E-state index in [2.05, 4.69) is 11.8 Å². The van der Waals surface area contributed by atoms with E-state index in [9.17, 15) is 9.50 Å². The highest BCUT2D eigenvalue weighted by molar-refractivity contribution is 5.40. The van der Waals surface area contributed by atoms with Crippen molar-refractivity contribution in [1.29, 1.82) is 0 Å². The van der Waals surface area contributed by atoms with Crippen LogP contribution < -0.4 is 4.74 Å². The van der Waals surface area contributed by atoms with E-state index in [-0.39, 0.29) is 5.82 Å². The predicted octanol–water partition coefficient (Wildman–Crippen LogP) is 4.13. The molecule has 0 heterocycles. The molecule has 0 aromatic heterocycles. The minimum absolute atomic E-state index is 0.293. The summed E-state index contributed by atoms with van der Waals surface area (Å²) in [5.41, 5.74) is 0.816. The largest absolute Gasteiger partial charge is 0.457 e. The molecule has 108 valence electrons. The van der Waals surface area contributed by atoms with Gasteiger partial charge < -0.3 is 9.84 Å². The van der Waals surface area contributed by atoms with Crippen LogP contribution in [0, 0.1) is 17.7 Å². The average molecular weight is 284 g/mol. The Hall–Kier alpha value is -2.31. The zero-order chi connectivity index (χ0) is 15.1. The zero-order valence-corrected chi connectivity index (χ0v) is 11.8. The Kier molecular flexibility index (Phi) is 5.36. The van der Waals surface area contributed by atoms with Gasteiger partial charge in [0.15, 0.2) is 0 Å². The Morgan fingerprint density at radius 2 is 1.62 bits per heavy atom. The van der Waals surface area contributed by atoms with E-state index in [0.717, 1.165) is 12.0 Å². The van der Waals surface area contributed by atoms with Gasteiger partial charge in [0.25, 0.3) is 0 Å². The van der Waals surface area contributed by atoms with Gasteiger partial charge in [0.2, 0.25) is 0 Å². The first kappa shape index (κ1) is 15.1. The molecule has 2 aromatic carbocycles. The van der Waals surface area contributed by atoms with Gasteiger partial charge in [0.05, 0.1) is 0 Å². The molecule has 2 aromatic rings. The van der Waals surface area contributed by atoms with Crippen LogP contribution in [0.25, 0.3) is 0 Å². The molecule has 1 N–H and O–H groups in total. The van der Waals surface area contributed by atoms with E-state index in [1.165, 1.54) is 12.1 Å². The summed E-state index contributed by atoms with van der Waals surface area (Å²) in [5, 5.41) is 9.55. The summed E-state index contributed by atoms with van der Waals surface area (Å²) in [5.74, 6) is 6.66. The maximum Gasteiger partial charge on any atom is 0.127 e. The van der Waals surface area contributed by atoms with Crippen LogP contribution in [0.5, 0.6) is 11.5 Å². The third-order valence-electron chi connectivity index (χ3n) is 2.85. The summed E-state index contributed by atoms with van der Waals surface area (Å²) in [7, 11) is 0. The average Bonchev–Trinajstić information content (AvgIpc) is 2.49. The number of benzene rings is 2. The minimum Gasteiger partial charge on any atom is -0.457 e. The quantitative estimate of drug-likeness (QED) is 0.855. The van der Waals surface area contributed by atoms with E-state index < -0.39 is 6.10 Å². The summed E-state index contributed by atoms with van der Waals surface area (Å²) >= 11 is 0. The molecule has 21 heavy (non-hydrogen) atoms. The Balaban J connectivity index is 2.00. The van der Waals surface area contributed by atoms with Gasteiger partial charge >= 0.3 is 0 Å². The van der Waals surface area contributed by atoms with E-state index in [1.54, 1.807) is 24.3 Å². The molecular formula is C18H17FO2. The Morgan fingerprint density at radius 1 is 1.05 bits per heavy atom. The van der Waals surface area contributed by atoms with Crippen LogP contribution >= 0.6 is 0 Å². The molecule has 0 saturated heterocycles. The topological polar surface area (TPSA) is 29.5 Å². The third kappa shape index (κ3) is 4.94. The van der Waals surface area contributed by atoms with E-state index >= 15 is 0 Å². The van der Waals surface area contributed by atoms with Crippen molar-refractivity contribution in [1.82, 2.24) is 0 Å². The van der Waals surface area contributed by atoms with Gasteiger partial charge in [-0.3, -0.25) is 0 Å². The van der Waals surface area contributed by atoms with E-state index in [1.807, 2.05) is 19.1 Å². The summed E-state index contributed by atoms with van der Waals surface area (Å²) < 4.78 is 18.4. The Morgan fingerprint density at radius 3 is 2.19 bits per heavy atom. The summed E-state index contributed by atoms with van der Waals surface area (Å²) in [4.78, 5) is 0. The number of hydrogen-bond donors (Lipinski definition) is 1. The normalized spacial score (nSPS) is 11.4. The second-order valence-electron chi connectivity index (χ2n) is 4.65. The van der Waals surface area contributed by atoms with Crippen LogP contribution in [0.2, 0.25) is 0 Å². The smallest absolute Gasteiger partial charge is 0.127 e. The van der Waals surface area contributed by atoms with Gasteiger partial charge in [-0.05, 0) is 55.0 Å². The molecule has 0 aliphatic carbocycles. The lowest BCUT2D eigenvalue weighted by atomic mass is 10.2. The molecule has 0 fully saturated rings. The van der Waals surface area contributed by atoms with Crippen molar-refractivity contribution >= 4 is 0 Å². The highest BCUT2D eigenvalue weighted by Crippen LogP contribution is 2.21. The Bertz CT molecular complexity index is 621. The van der Waals surface area contributed by atoms with Gasteiger partial charge in [0.1, 0.15) is 23.4 Å². The third-order valence-corrected chi connectivity index (χ3v) is 2.85. The van der Waals surface area contributed by atoms with Crippen LogP contribution in [0.15, 0.2) is 48.5 Å². The van der Waals surface area contributed by atoms with Crippen LogP contribution in [-0.2, 0) is 0 Å². The molecular weight excluding hydrogens is 267 g/mol. The van der Waals surface area contributed by atoms with Gasteiger partial charge in [0, 0.05) is 5.56 Å². The highest BCUT2D eigenvalue weighted by atomic mass is 19.1. The molecule has 0 radical (unpaired) electrons. The van der Waals surface area contributed by atoms with E-state index in [0.29, 0.717) is 17.9 Å². The van der Waals surface area contributed by atoms with Crippen molar-refractivity contribution in [2.24, 2.45) is 0 Å². The molecule has 3 heteroatoms. The first-order valence-electron chi connectivity index (χ1n) is 6.90. The molecule has 0 spiro atoms. The van der Waals surface area contributed by atoms with Crippen LogP contribution in [0.4, 0.5) is 4.39 Å². The SMILES string of the molecule is CCCC(O)C#Cc1ccc(Oc2ccc(F)cc2)cc1. The number of aliphatic hydroxyl groups excluding tert-OH is 1. The van der Waals surface area contributed by atoms with E-state index in [4.69, 9.17) is 4.74 Å². The fourth-order valence-corrected chi connectivity index (χ4v) is 1.76. The molecule has 0 amide bonds. The van der Waals surface area contributed by atoms with Crippen molar-refractivity contribution in [3.8, 4) is 23.3 Å². The van der Waals surface area contributed by atoms with Crippen LogP contribution in [0.1, 0.15) is 25.3 Å². The predicted molar refractivity (Wildman–Crippen MR) is 80.7 cm³/mol. The van der Waals surface area contributed by atoms with Gasteiger partial charge in [-0.25, -0.2) is 4.39 Å². The van der Waals surface area contributed by atoms with Gasteiger partial charge in [-0.1, -0.05) is 25.2 Å². The first-order chi connectivity index (χ1) is 10.2. The fourth-order valence-electron chi connectivity index (χ4n) is 1.76. The zero-order valence-electron chi connectivity index (χ0n) is 11.8. The standard InChI is InChI=1S/C18H17FO2/c1-2-3-16(20)9-4-14-5-10-17(11-6-14)21-18-12-7-15(19)8-13-18/h5-8,10-13,16,20H,2-3H2,1H3. The fraction of sp³-hybridized carbons (Fsp3) is 0.222. The Labute approximate surface area is 124 Å². The number of aliphatic hydroxyl groups is 1. The summed E-state index contributed by atoms with van der Waals surface area (Å²) in [6, 6.07) is 13.1. The molecule has 0 aliphatic rings. The maximum atomic E-state index is 12.8. The number of ether oxygens (including phenoxy) is 1. The monoisotopic (exact) mass is 284 g/mol. The second kappa shape index (κ2) is 7.47. The first-order valence-corrected chi connectivity index (χ1v) is 6.90. The molecule has 1 unspecified atom stereocenters. The van der Waals surface area contributed by atoms with Crippen LogP contribution in [-0.4, -0.2) is 11.2 Å². The van der Waals surface area contributed by atoms with Gasteiger partial charge in [-0.2, -0.15) is 0 Å². The molecule has 0 saturated carbocycles. The molecule has 1 atom stereocenters. The summed E-state index contributed by atoms with van der Waals surface area (Å²) in [6.07, 6.45) is 1.00. The second-order valence-corrected chi connectivity index (χ2v) is 4.65. The lowest BCUT2D eigenvalue weighted by Gasteiger charge is -2.05. The molecule has 0 bridgehead atoms. The number of rotatable bonds is 4. The lowest BCUT2D eigenvalue weighted by molar-refractivity contribution is 0.221. The van der Waals surface area contributed by atoms with Crippen molar-refractivity contribution in [2.45, 2.75) is 25.9 Å². The van der Waals surface area contributed by atoms with Crippen molar-refractivity contribution in [3.63, 3.8) is 0 Å². The minimum atomic E-state index is -0.579. The van der Waals surface area contributed by atoms with Crippen molar-refractivity contribution in [2.75, 3.05) is 0 Å². The molecule has 2 nitrogen and oxygen atoms in total. The highest BCUT2D eigenvalue weighted by Gasteiger charge is 1.98. The van der Waals surface area contributed by atoms with Crippen molar-refractivity contribution < 1.29 is 14.2 Å².